The van der Waals surface area contributed by atoms with Crippen LogP contribution in [0.5, 0.6) is 11.5 Å². The molecule has 45 heavy (non-hydrogen) atoms. The zero-order chi connectivity index (χ0) is 31.8. The van der Waals surface area contributed by atoms with Crippen LogP contribution in [0.4, 0.5) is 9.52 Å². The lowest BCUT2D eigenvalue weighted by Gasteiger charge is -2.23. The molecule has 4 aromatic rings. The smallest absolute Gasteiger partial charge is 0.301 e. The number of hydrogen-bond acceptors (Lipinski definition) is 9. The summed E-state index contributed by atoms with van der Waals surface area (Å²) in [5.74, 6) is -0.760. The van der Waals surface area contributed by atoms with E-state index in [1.807, 2.05) is 13.0 Å². The van der Waals surface area contributed by atoms with E-state index in [-0.39, 0.29) is 22.3 Å². The Balaban J connectivity index is 1.51. The SMILES string of the molecule is CCCCCOc1cccc(C2/C(=C(\O)c3ccc(OCCC)cc3)C(=O)C(=O)N2c2nnc(SCc3ccccc3F)s2)c1. The number of thioether (sulfide) groups is 1. The molecule has 1 aliphatic rings. The van der Waals surface area contributed by atoms with Crippen molar-refractivity contribution in [3.05, 3.63) is 101 Å². The summed E-state index contributed by atoms with van der Waals surface area (Å²) in [4.78, 5) is 28.5. The average Bonchev–Trinajstić information content (AvgIpc) is 3.63. The van der Waals surface area contributed by atoms with Gasteiger partial charge in [0.15, 0.2) is 4.34 Å². The largest absolute Gasteiger partial charge is 0.507 e. The molecule has 2 heterocycles. The van der Waals surface area contributed by atoms with E-state index in [2.05, 4.69) is 17.1 Å². The fourth-order valence-corrected chi connectivity index (χ4v) is 6.71. The van der Waals surface area contributed by atoms with Crippen LogP contribution in [-0.4, -0.2) is 40.2 Å². The van der Waals surface area contributed by atoms with Crippen molar-refractivity contribution in [3.8, 4) is 11.5 Å². The average molecular weight is 648 g/mol. The highest BCUT2D eigenvalue weighted by atomic mass is 32.2. The molecule has 1 aliphatic heterocycles. The fourth-order valence-electron chi connectivity index (χ4n) is 4.86. The highest BCUT2D eigenvalue weighted by Crippen LogP contribution is 2.44. The number of Topliss-reactive ketones (excluding diaryl/α,β-unsaturated/α-hetero) is 1. The maximum atomic E-state index is 14.2. The van der Waals surface area contributed by atoms with E-state index in [9.17, 15) is 19.1 Å². The van der Waals surface area contributed by atoms with Gasteiger partial charge in [0, 0.05) is 11.3 Å². The molecule has 1 unspecified atom stereocenters. The second kappa shape index (κ2) is 15.2. The van der Waals surface area contributed by atoms with Gasteiger partial charge >= 0.3 is 5.91 Å². The van der Waals surface area contributed by atoms with Crippen molar-refractivity contribution in [1.82, 2.24) is 10.2 Å². The number of carbonyl (C=O) groups is 2. The molecule has 1 aromatic heterocycles. The Hall–Kier alpha value is -4.22. The van der Waals surface area contributed by atoms with Gasteiger partial charge in [-0.2, -0.15) is 0 Å². The van der Waals surface area contributed by atoms with Crippen LogP contribution in [0.2, 0.25) is 0 Å². The molecule has 0 saturated carbocycles. The minimum absolute atomic E-state index is 0.0684. The Labute approximate surface area is 269 Å². The molecule has 0 spiro atoms. The minimum atomic E-state index is -0.988. The number of rotatable bonds is 14. The third-order valence-corrected chi connectivity index (χ3v) is 9.25. The van der Waals surface area contributed by atoms with Gasteiger partial charge in [0.05, 0.1) is 24.8 Å². The second-order valence-corrected chi connectivity index (χ2v) is 12.6. The van der Waals surface area contributed by atoms with Gasteiger partial charge in [-0.15, -0.1) is 10.2 Å². The van der Waals surface area contributed by atoms with E-state index in [1.54, 1.807) is 60.7 Å². The molecule has 5 rings (SSSR count). The molecule has 0 aliphatic carbocycles. The van der Waals surface area contributed by atoms with Crippen molar-refractivity contribution in [2.24, 2.45) is 0 Å². The molecule has 11 heteroatoms. The van der Waals surface area contributed by atoms with E-state index < -0.39 is 17.7 Å². The summed E-state index contributed by atoms with van der Waals surface area (Å²) in [6.45, 7) is 5.21. The Morgan fingerprint density at radius 2 is 1.71 bits per heavy atom. The van der Waals surface area contributed by atoms with E-state index in [0.717, 1.165) is 37.0 Å². The van der Waals surface area contributed by atoms with E-state index in [0.29, 0.717) is 51.5 Å². The molecule has 1 atom stereocenters. The van der Waals surface area contributed by atoms with Crippen LogP contribution in [0.25, 0.3) is 5.76 Å². The summed E-state index contributed by atoms with van der Waals surface area (Å²) in [6.07, 6.45) is 3.85. The highest BCUT2D eigenvalue weighted by molar-refractivity contribution is 8.00. The van der Waals surface area contributed by atoms with Gasteiger partial charge in [-0.3, -0.25) is 14.5 Å². The van der Waals surface area contributed by atoms with Gasteiger partial charge < -0.3 is 14.6 Å². The summed E-state index contributed by atoms with van der Waals surface area (Å²) < 4.78 is 26.3. The number of aliphatic hydroxyl groups is 1. The van der Waals surface area contributed by atoms with Gasteiger partial charge in [-0.25, -0.2) is 4.39 Å². The van der Waals surface area contributed by atoms with E-state index in [1.165, 1.54) is 22.7 Å². The van der Waals surface area contributed by atoms with Crippen LogP contribution in [-0.2, 0) is 15.3 Å². The topological polar surface area (TPSA) is 102 Å². The number of aromatic nitrogens is 2. The summed E-state index contributed by atoms with van der Waals surface area (Å²) in [6, 6.07) is 19.4. The number of ketones is 1. The number of nitrogens with zero attached hydrogens (tertiary/aromatic N) is 3. The molecule has 234 valence electrons. The molecular formula is C34H34FN3O5S2. The van der Waals surface area contributed by atoms with Gasteiger partial charge in [-0.05, 0) is 66.4 Å². The third kappa shape index (κ3) is 7.54. The summed E-state index contributed by atoms with van der Waals surface area (Å²) >= 11 is 2.40. The Morgan fingerprint density at radius 1 is 0.933 bits per heavy atom. The van der Waals surface area contributed by atoms with Crippen LogP contribution in [0, 0.1) is 5.82 Å². The van der Waals surface area contributed by atoms with Crippen LogP contribution in [0.3, 0.4) is 0 Å². The molecule has 1 N–H and O–H groups in total. The minimum Gasteiger partial charge on any atom is -0.507 e. The number of amides is 1. The lowest BCUT2D eigenvalue weighted by atomic mass is 9.95. The summed E-state index contributed by atoms with van der Waals surface area (Å²) in [5.41, 5.74) is 1.39. The first kappa shape index (κ1) is 32.2. The second-order valence-electron chi connectivity index (χ2n) is 10.4. The Bertz CT molecular complexity index is 1670. The number of carbonyl (C=O) groups excluding carboxylic acids is 2. The summed E-state index contributed by atoms with van der Waals surface area (Å²) in [5, 5.41) is 20.2. The predicted molar refractivity (Wildman–Crippen MR) is 174 cm³/mol. The zero-order valence-electron chi connectivity index (χ0n) is 25.1. The Morgan fingerprint density at radius 3 is 2.47 bits per heavy atom. The van der Waals surface area contributed by atoms with Crippen molar-refractivity contribution < 1.29 is 28.6 Å². The summed E-state index contributed by atoms with van der Waals surface area (Å²) in [7, 11) is 0. The number of aliphatic hydroxyl groups excluding tert-OH is 1. The number of unbranched alkanes of at least 4 members (excludes halogenated alkanes) is 2. The first-order valence-corrected chi connectivity index (χ1v) is 16.7. The maximum Gasteiger partial charge on any atom is 0.301 e. The van der Waals surface area contributed by atoms with Crippen molar-refractivity contribution >= 4 is 45.7 Å². The lowest BCUT2D eigenvalue weighted by molar-refractivity contribution is -0.132. The van der Waals surface area contributed by atoms with Gasteiger partial charge in [0.2, 0.25) is 5.13 Å². The number of ether oxygens (including phenoxy) is 2. The lowest BCUT2D eigenvalue weighted by Crippen LogP contribution is -2.29. The Kier molecular flexibility index (Phi) is 10.9. The first-order valence-electron chi connectivity index (χ1n) is 14.9. The number of anilines is 1. The first-order chi connectivity index (χ1) is 21.9. The fraction of sp³-hybridized carbons (Fsp3) is 0.294. The van der Waals surface area contributed by atoms with Crippen LogP contribution < -0.4 is 14.4 Å². The van der Waals surface area contributed by atoms with E-state index in [4.69, 9.17) is 9.47 Å². The number of halogens is 1. The van der Waals surface area contributed by atoms with Crippen molar-refractivity contribution in [2.45, 2.75) is 55.7 Å². The quantitative estimate of drug-likeness (QED) is 0.0368. The van der Waals surface area contributed by atoms with Gasteiger partial charge in [0.1, 0.15) is 23.1 Å². The molecular weight excluding hydrogens is 614 g/mol. The maximum absolute atomic E-state index is 14.2. The van der Waals surface area contributed by atoms with Gasteiger partial charge in [-0.1, -0.05) is 80.1 Å². The zero-order valence-corrected chi connectivity index (χ0v) is 26.7. The molecule has 1 fully saturated rings. The third-order valence-electron chi connectivity index (χ3n) is 7.15. The van der Waals surface area contributed by atoms with Crippen molar-refractivity contribution in [1.29, 1.82) is 0 Å². The van der Waals surface area contributed by atoms with Crippen molar-refractivity contribution in [2.75, 3.05) is 18.1 Å². The number of hydrogen-bond donors (Lipinski definition) is 1. The molecule has 8 nitrogen and oxygen atoms in total. The predicted octanol–water partition coefficient (Wildman–Crippen LogP) is 7.95. The van der Waals surface area contributed by atoms with Gasteiger partial charge in [0.25, 0.3) is 5.78 Å². The van der Waals surface area contributed by atoms with Crippen molar-refractivity contribution in [3.63, 3.8) is 0 Å². The van der Waals surface area contributed by atoms with Crippen LogP contribution in [0.15, 0.2) is 82.7 Å². The standard InChI is InChI=1S/C34H34FN3O5S2/c1-3-5-8-19-43-26-12-9-11-23(20-26)29-28(30(39)22-14-16-25(17-15-22)42-18-4-2)31(40)32(41)38(29)33-36-37-34(45-33)44-21-24-10-6-7-13-27(24)35/h6-7,9-17,20,29,39H,3-5,8,18-19,21H2,1-2H3/b30-28+. The normalized spacial score (nSPS) is 15.9. The van der Waals surface area contributed by atoms with E-state index >= 15 is 0 Å². The van der Waals surface area contributed by atoms with Crippen LogP contribution >= 0.6 is 23.1 Å². The highest BCUT2D eigenvalue weighted by Gasteiger charge is 2.48. The van der Waals surface area contributed by atoms with Crippen LogP contribution in [0.1, 0.15) is 62.3 Å². The molecule has 3 aromatic carbocycles. The monoisotopic (exact) mass is 647 g/mol. The molecule has 1 saturated heterocycles. The molecule has 1 amide bonds. The molecule has 0 radical (unpaired) electrons. The number of benzene rings is 3. The molecule has 0 bridgehead atoms.